The first-order valence-electron chi connectivity index (χ1n) is 7.96. The topological polar surface area (TPSA) is 78.9 Å². The Kier molecular flexibility index (Phi) is 4.88. The van der Waals surface area contributed by atoms with Gasteiger partial charge in [0.25, 0.3) is 0 Å². The second kappa shape index (κ2) is 7.25. The van der Waals surface area contributed by atoms with Crippen molar-refractivity contribution < 1.29 is 23.1 Å². The van der Waals surface area contributed by atoms with Gasteiger partial charge < -0.3 is 18.3 Å². The van der Waals surface area contributed by atoms with Crippen LogP contribution in [0.25, 0.3) is 11.0 Å². The van der Waals surface area contributed by atoms with Gasteiger partial charge in [-0.05, 0) is 30.2 Å². The summed E-state index contributed by atoms with van der Waals surface area (Å²) >= 11 is 0. The zero-order chi connectivity index (χ0) is 17.8. The summed E-state index contributed by atoms with van der Waals surface area (Å²) in [6.45, 7) is 2.11. The van der Waals surface area contributed by atoms with E-state index in [0.29, 0.717) is 22.7 Å². The van der Waals surface area contributed by atoms with Gasteiger partial charge in [-0.15, -0.1) is 0 Å². The molecule has 130 valence electrons. The first kappa shape index (κ1) is 16.8. The number of ether oxygens (including phenoxy) is 2. The second-order valence-electron chi connectivity index (χ2n) is 5.54. The van der Waals surface area contributed by atoms with Crippen molar-refractivity contribution in [3.63, 3.8) is 0 Å². The molecule has 0 atom stereocenters. The number of hydrogen-bond acceptors (Lipinski definition) is 6. The minimum absolute atomic E-state index is 0.0574. The molecule has 0 amide bonds. The summed E-state index contributed by atoms with van der Waals surface area (Å²) in [4.78, 5) is 23.3. The maximum absolute atomic E-state index is 11.7. The smallest absolute Gasteiger partial charge is 0.341 e. The Labute approximate surface area is 144 Å². The van der Waals surface area contributed by atoms with E-state index in [1.807, 2.05) is 6.07 Å². The number of esters is 1. The number of rotatable bonds is 6. The quantitative estimate of drug-likeness (QED) is 0.502. The zero-order valence-corrected chi connectivity index (χ0v) is 14.0. The van der Waals surface area contributed by atoms with Gasteiger partial charge in [-0.25, -0.2) is 9.59 Å². The molecule has 3 aromatic rings. The molecule has 0 aliphatic rings. The van der Waals surface area contributed by atoms with Gasteiger partial charge in [0.1, 0.15) is 23.5 Å². The maximum atomic E-state index is 11.7. The molecule has 1 aromatic carbocycles. The molecule has 6 nitrogen and oxygen atoms in total. The molecule has 0 aliphatic heterocycles. The Balaban J connectivity index is 1.84. The van der Waals surface area contributed by atoms with Gasteiger partial charge in [0, 0.05) is 17.5 Å². The molecule has 2 aromatic heterocycles. The monoisotopic (exact) mass is 342 g/mol. The molecule has 0 spiro atoms. The van der Waals surface area contributed by atoms with Crippen molar-refractivity contribution >= 4 is 16.9 Å². The van der Waals surface area contributed by atoms with E-state index in [4.69, 9.17) is 18.3 Å². The van der Waals surface area contributed by atoms with Gasteiger partial charge in [-0.3, -0.25) is 0 Å². The first-order chi connectivity index (χ1) is 12.1. The van der Waals surface area contributed by atoms with Crippen LogP contribution in [-0.4, -0.2) is 13.1 Å². The van der Waals surface area contributed by atoms with E-state index >= 15 is 0 Å². The molecule has 0 saturated heterocycles. The summed E-state index contributed by atoms with van der Waals surface area (Å²) in [5.74, 6) is 0.394. The van der Waals surface area contributed by atoms with Crippen LogP contribution in [0.15, 0.2) is 50.2 Å². The summed E-state index contributed by atoms with van der Waals surface area (Å²) in [6, 6.07) is 8.37. The molecule has 0 aliphatic carbocycles. The third-order valence-corrected chi connectivity index (χ3v) is 3.84. The Morgan fingerprint density at radius 1 is 1.20 bits per heavy atom. The average Bonchev–Trinajstić information content (AvgIpc) is 3.07. The minimum atomic E-state index is -0.485. The Morgan fingerprint density at radius 2 is 2.04 bits per heavy atom. The molecule has 3 rings (SSSR count). The summed E-state index contributed by atoms with van der Waals surface area (Å²) in [5.41, 5.74) is 1.37. The van der Waals surface area contributed by atoms with E-state index in [1.165, 1.54) is 25.5 Å². The first-order valence-corrected chi connectivity index (χ1v) is 7.96. The number of benzene rings is 1. The lowest BCUT2D eigenvalue weighted by Gasteiger charge is -2.08. The van der Waals surface area contributed by atoms with Gasteiger partial charge in [0.2, 0.25) is 0 Å². The molecule has 2 heterocycles. The number of furan rings is 1. The highest BCUT2D eigenvalue weighted by molar-refractivity contribution is 5.90. The zero-order valence-electron chi connectivity index (χ0n) is 14.0. The van der Waals surface area contributed by atoms with Crippen molar-refractivity contribution in [2.24, 2.45) is 0 Å². The SMILES string of the molecule is CCCc1cc(=O)oc2cc(OCc3occc3C(=O)OC)ccc12. The van der Waals surface area contributed by atoms with Crippen LogP contribution in [0.2, 0.25) is 0 Å². The van der Waals surface area contributed by atoms with Gasteiger partial charge in [-0.2, -0.15) is 0 Å². The molecular formula is C19H18O6. The van der Waals surface area contributed by atoms with Crippen molar-refractivity contribution in [3.8, 4) is 5.75 Å². The highest BCUT2D eigenvalue weighted by atomic mass is 16.5. The van der Waals surface area contributed by atoms with Crippen molar-refractivity contribution in [1.82, 2.24) is 0 Å². The molecule has 0 saturated carbocycles. The van der Waals surface area contributed by atoms with Gasteiger partial charge in [-0.1, -0.05) is 13.3 Å². The van der Waals surface area contributed by atoms with Crippen LogP contribution >= 0.6 is 0 Å². The van der Waals surface area contributed by atoms with E-state index in [9.17, 15) is 9.59 Å². The van der Waals surface area contributed by atoms with Crippen molar-refractivity contribution in [3.05, 3.63) is 63.9 Å². The molecule has 6 heteroatoms. The van der Waals surface area contributed by atoms with E-state index in [0.717, 1.165) is 23.8 Å². The second-order valence-corrected chi connectivity index (χ2v) is 5.54. The lowest BCUT2D eigenvalue weighted by Crippen LogP contribution is -2.05. The normalized spacial score (nSPS) is 10.8. The summed E-state index contributed by atoms with van der Waals surface area (Å²) in [6.07, 6.45) is 3.14. The Morgan fingerprint density at radius 3 is 2.80 bits per heavy atom. The molecule has 0 radical (unpaired) electrons. The van der Waals surface area contributed by atoms with Gasteiger partial charge in [0.15, 0.2) is 5.76 Å². The van der Waals surface area contributed by atoms with Crippen molar-refractivity contribution in [1.29, 1.82) is 0 Å². The van der Waals surface area contributed by atoms with Crippen molar-refractivity contribution in [2.45, 2.75) is 26.4 Å². The van der Waals surface area contributed by atoms with Crippen LogP contribution in [0.3, 0.4) is 0 Å². The maximum Gasteiger partial charge on any atom is 0.341 e. The molecule has 0 fully saturated rings. The number of hydrogen-bond donors (Lipinski definition) is 0. The van der Waals surface area contributed by atoms with Crippen LogP contribution in [-0.2, 0) is 17.8 Å². The third kappa shape index (κ3) is 3.57. The van der Waals surface area contributed by atoms with Crippen LogP contribution in [0.4, 0.5) is 0 Å². The highest BCUT2D eigenvalue weighted by Crippen LogP contribution is 2.24. The summed E-state index contributed by atoms with van der Waals surface area (Å²) in [5, 5.41) is 0.891. The fraction of sp³-hybridized carbons (Fsp3) is 0.263. The van der Waals surface area contributed by atoms with Crippen LogP contribution < -0.4 is 10.4 Å². The molecular weight excluding hydrogens is 324 g/mol. The van der Waals surface area contributed by atoms with E-state index in [-0.39, 0.29) is 12.2 Å². The lowest BCUT2D eigenvalue weighted by molar-refractivity contribution is 0.0595. The van der Waals surface area contributed by atoms with E-state index < -0.39 is 5.97 Å². The predicted octanol–water partition coefficient (Wildman–Crippen LogP) is 3.70. The lowest BCUT2D eigenvalue weighted by atomic mass is 10.1. The standard InChI is InChI=1S/C19H18O6/c1-3-4-12-9-18(20)25-16-10-13(5-6-14(12)16)24-11-17-15(7-8-23-17)19(21)22-2/h5-10H,3-4,11H2,1-2H3. The van der Waals surface area contributed by atoms with Gasteiger partial charge in [0.05, 0.1) is 13.4 Å². The largest absolute Gasteiger partial charge is 0.485 e. The fourth-order valence-electron chi connectivity index (χ4n) is 2.67. The Hall–Kier alpha value is -3.02. The van der Waals surface area contributed by atoms with E-state index in [1.54, 1.807) is 12.1 Å². The van der Waals surface area contributed by atoms with Crippen LogP contribution in [0, 0.1) is 0 Å². The van der Waals surface area contributed by atoms with Gasteiger partial charge >= 0.3 is 11.6 Å². The van der Waals surface area contributed by atoms with Crippen LogP contribution in [0.1, 0.15) is 35.0 Å². The number of methoxy groups -OCH3 is 1. The number of carbonyl (C=O) groups is 1. The minimum Gasteiger partial charge on any atom is -0.485 e. The van der Waals surface area contributed by atoms with Crippen molar-refractivity contribution in [2.75, 3.05) is 7.11 Å². The van der Waals surface area contributed by atoms with Crippen LogP contribution in [0.5, 0.6) is 5.75 Å². The highest BCUT2D eigenvalue weighted by Gasteiger charge is 2.15. The number of fused-ring (bicyclic) bond motifs is 1. The molecule has 0 unspecified atom stereocenters. The Bertz CT molecular complexity index is 950. The fourth-order valence-corrected chi connectivity index (χ4v) is 2.67. The average molecular weight is 342 g/mol. The summed E-state index contributed by atoms with van der Waals surface area (Å²) < 4.78 is 20.9. The number of carbonyl (C=O) groups excluding carboxylic acids is 1. The molecule has 25 heavy (non-hydrogen) atoms. The van der Waals surface area contributed by atoms with E-state index in [2.05, 4.69) is 6.92 Å². The number of aryl methyl sites for hydroxylation is 1. The molecule has 0 N–H and O–H groups in total. The third-order valence-electron chi connectivity index (χ3n) is 3.84. The predicted molar refractivity (Wildman–Crippen MR) is 90.9 cm³/mol. The summed E-state index contributed by atoms with van der Waals surface area (Å²) in [7, 11) is 1.30. The molecule has 0 bridgehead atoms.